The van der Waals surface area contributed by atoms with Crippen molar-refractivity contribution in [3.05, 3.63) is 117 Å². The number of aromatic hydroxyl groups is 1. The van der Waals surface area contributed by atoms with Crippen molar-refractivity contribution in [3.63, 3.8) is 0 Å². The maximum absolute atomic E-state index is 12.3. The molecular weight excluding hydrogens is 1100 g/mol. The molecule has 6 aromatic rings. The molecule has 2 saturated carbocycles. The first-order chi connectivity index (χ1) is 37.1. The topological polar surface area (TPSA) is 272 Å². The number of hydrogen-bond acceptors (Lipinski definition) is 15. The number of nitrogens with one attached hydrogen (secondary N) is 3. The number of ether oxygens (including phenoxy) is 3. The minimum Gasteiger partial charge on any atom is -0.507 e. The van der Waals surface area contributed by atoms with Gasteiger partial charge in [0.1, 0.15) is 22.6 Å². The first-order valence-electron chi connectivity index (χ1n) is 26.5. The Kier molecular flexibility index (Phi) is 30.8. The lowest BCUT2D eigenvalue weighted by molar-refractivity contribution is -0.117. The number of alkyl halides is 1. The van der Waals surface area contributed by atoms with Crippen molar-refractivity contribution in [1.82, 2.24) is 29.9 Å². The monoisotopic (exact) mass is 1180 g/mol. The Morgan fingerprint density at radius 3 is 1.62 bits per heavy atom. The number of rotatable bonds is 15. The standard InChI is InChI=1S/C16H20N2O2.C13H18N2O3.C11H12N2O2.C8H10N2O2.C5H9Br.C5H9ClO.FH.H2/c1-10(2)14-15(20-9-11-4-3-5-11)12-8-17-7-6-13(12)18-16(14)19;1-4-18-13(17)10-8-14-6-5-11(10)15-12(16)7-9(2)3;1-6(2)9-10(14)7-5-12-4-3-8(7)13-11(9)15;1-2-12-8(11)6-5-10-4-3-7(6)9;6-4-5-2-1-3-5;1-4(2)3-5(6)7;;/h6-8,10-11H,3-5,9H2,1-2H3,(H,18,19);5-6,8-9H,4,7H2,1-3H3,(H,14,15,16);3-6H,1-2H3,(H2,13,14,15);3-5H,2H2,1H3,(H2,9,10);5H,1-4H2;4H,3H2,1-2H3;2*1H/i;;;;;;;1+2. The Morgan fingerprint density at radius 2 is 1.18 bits per heavy atom. The molecule has 0 unspecified atom stereocenters. The minimum absolute atomic E-state index is 0. The van der Waals surface area contributed by atoms with E-state index in [1.807, 2.05) is 61.5 Å². The number of fused-ring (bicyclic) bond motifs is 2. The molecule has 2 aliphatic carbocycles. The van der Waals surface area contributed by atoms with Crippen LogP contribution >= 0.6 is 27.5 Å². The van der Waals surface area contributed by atoms with Gasteiger partial charge in [-0.1, -0.05) is 84.2 Å². The maximum atomic E-state index is 12.3. The molecule has 6 heterocycles. The summed E-state index contributed by atoms with van der Waals surface area (Å²) in [7, 11) is 0. The number of carbonyl (C=O) groups is 4. The molecular formula is C58H81BrClFN8O10. The zero-order valence-corrected chi connectivity index (χ0v) is 49.4. The Labute approximate surface area is 476 Å². The molecule has 2 aliphatic rings. The third kappa shape index (κ3) is 22.8. The van der Waals surface area contributed by atoms with Crippen molar-refractivity contribution < 1.29 is 44.6 Å². The van der Waals surface area contributed by atoms with E-state index in [-0.39, 0.29) is 64.1 Å². The molecule has 0 aromatic carbocycles. The number of aromatic amines is 2. The van der Waals surface area contributed by atoms with Crippen LogP contribution in [-0.2, 0) is 19.1 Å². The number of esters is 2. The number of anilines is 2. The van der Waals surface area contributed by atoms with Crippen molar-refractivity contribution in [1.29, 1.82) is 0 Å². The Balaban J connectivity index is 0.000000497. The van der Waals surface area contributed by atoms with Gasteiger partial charge in [0.2, 0.25) is 11.1 Å². The van der Waals surface area contributed by atoms with Crippen LogP contribution in [0.25, 0.3) is 21.8 Å². The van der Waals surface area contributed by atoms with Gasteiger partial charge in [0.25, 0.3) is 11.1 Å². The molecule has 434 valence electrons. The number of carbonyl (C=O) groups excluding carboxylic acids is 4. The second kappa shape index (κ2) is 35.7. The Morgan fingerprint density at radius 1 is 0.709 bits per heavy atom. The highest BCUT2D eigenvalue weighted by molar-refractivity contribution is 9.09. The van der Waals surface area contributed by atoms with Crippen molar-refractivity contribution in [2.45, 2.75) is 132 Å². The average molecular weight is 1190 g/mol. The van der Waals surface area contributed by atoms with Crippen LogP contribution in [0.1, 0.15) is 166 Å². The number of aromatic nitrogens is 6. The fourth-order valence-electron chi connectivity index (χ4n) is 7.53. The van der Waals surface area contributed by atoms with E-state index in [9.17, 15) is 33.9 Å². The van der Waals surface area contributed by atoms with Gasteiger partial charge in [-0.3, -0.25) is 43.8 Å². The molecule has 0 radical (unpaired) electrons. The van der Waals surface area contributed by atoms with E-state index in [1.54, 1.807) is 56.8 Å². The molecule has 21 heteroatoms. The fourth-order valence-corrected chi connectivity index (χ4v) is 8.49. The van der Waals surface area contributed by atoms with Crippen LogP contribution < -0.4 is 26.9 Å². The zero-order valence-electron chi connectivity index (χ0n) is 47.0. The molecule has 0 atom stereocenters. The van der Waals surface area contributed by atoms with Gasteiger partial charge in [-0.05, 0) is 111 Å². The summed E-state index contributed by atoms with van der Waals surface area (Å²) in [4.78, 5) is 89.8. The summed E-state index contributed by atoms with van der Waals surface area (Å²) < 4.78 is 15.7. The van der Waals surface area contributed by atoms with Crippen LogP contribution in [0, 0.1) is 23.7 Å². The second-order valence-corrected chi connectivity index (χ2v) is 21.1. The summed E-state index contributed by atoms with van der Waals surface area (Å²) in [6, 6.07) is 6.63. The van der Waals surface area contributed by atoms with Gasteiger partial charge in [-0.25, -0.2) is 9.59 Å². The fraction of sp³-hybridized carbons (Fsp3) is 0.483. The van der Waals surface area contributed by atoms with Crippen molar-refractivity contribution >= 4 is 83.8 Å². The molecule has 1 amide bonds. The van der Waals surface area contributed by atoms with Crippen LogP contribution in [0.5, 0.6) is 11.5 Å². The molecule has 6 N–H and O–H groups in total. The SMILES string of the molecule is BrCC1CCC1.CC(C)CC(=O)Cl.CC(C)c1c(O)c2cnccc2[nH]c1=O.CC(C)c1c(OCC2CCC2)c2cnccc2[nH]c1=O.CCOC(=O)c1cnccc1N.CCOC(=O)c1cnccc1NC(=O)CC(C)C.F.[3HH]. The first-order valence-corrected chi connectivity index (χ1v) is 28.0. The smallest absolute Gasteiger partial charge is 0.341 e. The molecule has 0 bridgehead atoms. The number of nitrogens with zero attached hydrogens (tertiary/aromatic N) is 4. The van der Waals surface area contributed by atoms with E-state index in [0.29, 0.717) is 71.3 Å². The normalized spacial score (nSPS) is 12.5. The quantitative estimate of drug-likeness (QED) is 0.0363. The van der Waals surface area contributed by atoms with E-state index < -0.39 is 11.9 Å². The summed E-state index contributed by atoms with van der Waals surface area (Å²) in [5, 5.41) is 15.1. The van der Waals surface area contributed by atoms with Gasteiger partial charge in [0, 0.05) is 74.9 Å². The summed E-state index contributed by atoms with van der Waals surface area (Å²) in [6.45, 7) is 20.4. The van der Waals surface area contributed by atoms with E-state index in [1.165, 1.54) is 68.6 Å². The van der Waals surface area contributed by atoms with E-state index in [4.69, 9.17) is 31.5 Å². The van der Waals surface area contributed by atoms with Crippen LogP contribution in [0.15, 0.2) is 83.4 Å². The predicted octanol–water partition coefficient (Wildman–Crippen LogP) is 12.4. The molecule has 18 nitrogen and oxygen atoms in total. The van der Waals surface area contributed by atoms with E-state index >= 15 is 0 Å². The van der Waals surface area contributed by atoms with Crippen LogP contribution in [0.4, 0.5) is 16.1 Å². The van der Waals surface area contributed by atoms with Crippen LogP contribution in [0.3, 0.4) is 0 Å². The van der Waals surface area contributed by atoms with Crippen molar-refractivity contribution in [3.8, 4) is 11.5 Å². The number of H-pyrrole nitrogens is 2. The lowest BCUT2D eigenvalue weighted by Gasteiger charge is -2.26. The highest BCUT2D eigenvalue weighted by Crippen LogP contribution is 2.33. The van der Waals surface area contributed by atoms with Gasteiger partial charge in [0.05, 0.1) is 58.4 Å². The number of nitrogens with two attached hydrogens (primary N) is 1. The van der Waals surface area contributed by atoms with Crippen molar-refractivity contribution in [2.24, 2.45) is 23.7 Å². The summed E-state index contributed by atoms with van der Waals surface area (Å²) in [5.41, 5.74) is 9.18. The molecule has 0 aliphatic heterocycles. The molecule has 2 fully saturated rings. The maximum Gasteiger partial charge on any atom is 0.341 e. The molecule has 8 rings (SSSR count). The van der Waals surface area contributed by atoms with Gasteiger partial charge >= 0.3 is 11.9 Å². The number of amides is 1. The number of hydrogen-bond donors (Lipinski definition) is 5. The van der Waals surface area contributed by atoms with Crippen molar-refractivity contribution in [2.75, 3.05) is 36.2 Å². The lowest BCUT2D eigenvalue weighted by atomic mass is 9.86. The van der Waals surface area contributed by atoms with Gasteiger partial charge < -0.3 is 40.3 Å². The summed E-state index contributed by atoms with van der Waals surface area (Å²) in [6.07, 6.45) is 21.5. The Hall–Kier alpha value is -6.80. The Bertz CT molecular complexity index is 2990. The molecule has 0 spiro atoms. The van der Waals surface area contributed by atoms with Gasteiger partial charge in [-0.2, -0.15) is 0 Å². The summed E-state index contributed by atoms with van der Waals surface area (Å²) in [5.74, 6) is 2.16. The first kappa shape index (κ1) is 68.3. The number of pyridine rings is 6. The number of nitrogen functional groups attached to an aromatic ring is 1. The highest BCUT2D eigenvalue weighted by Gasteiger charge is 2.22. The molecule has 6 aromatic heterocycles. The highest BCUT2D eigenvalue weighted by atomic mass is 79.9. The zero-order chi connectivity index (χ0) is 57.9. The van der Waals surface area contributed by atoms with E-state index in [0.717, 1.165) is 28.1 Å². The third-order valence-corrected chi connectivity index (χ3v) is 13.1. The largest absolute Gasteiger partial charge is 0.507 e. The second-order valence-electron chi connectivity index (χ2n) is 20.0. The van der Waals surface area contributed by atoms with E-state index in [2.05, 4.69) is 51.2 Å². The third-order valence-electron chi connectivity index (χ3n) is 12.0. The van der Waals surface area contributed by atoms with Crippen LogP contribution in [-0.4, -0.2) is 83.2 Å². The lowest BCUT2D eigenvalue weighted by Crippen LogP contribution is -2.22. The molecule has 0 saturated heterocycles. The molecule has 79 heavy (non-hydrogen) atoms. The number of halogens is 3. The predicted molar refractivity (Wildman–Crippen MR) is 316 cm³/mol. The van der Waals surface area contributed by atoms with Gasteiger partial charge in [0.15, 0.2) is 0 Å². The summed E-state index contributed by atoms with van der Waals surface area (Å²) >= 11 is 8.46. The minimum atomic E-state index is -0.481. The average Bonchev–Trinajstić information content (AvgIpc) is 3.33. The van der Waals surface area contributed by atoms with Crippen LogP contribution in [0.2, 0.25) is 0 Å². The van der Waals surface area contributed by atoms with Gasteiger partial charge in [-0.15, -0.1) is 0 Å².